The lowest BCUT2D eigenvalue weighted by Crippen LogP contribution is -2.12. The van der Waals surface area contributed by atoms with Crippen LogP contribution >= 0.6 is 0 Å². The first kappa shape index (κ1) is 14.9. The molecule has 0 aliphatic carbocycles. The maximum absolute atomic E-state index is 11.9. The molecule has 108 valence electrons. The standard InChI is InChI=1S/C17H17NO3/c1-13-10-14(4-2-8-19)12-15(11-13)18-17(20)7-6-16-5-3-9-21-16/h3,5,9-12,19H,6-8H2,1H3,(H,18,20). The normalized spacial score (nSPS) is 9.81. The summed E-state index contributed by atoms with van der Waals surface area (Å²) in [6.07, 6.45) is 2.53. The van der Waals surface area contributed by atoms with Gasteiger partial charge in [-0.05, 0) is 42.8 Å². The summed E-state index contributed by atoms with van der Waals surface area (Å²) in [5.41, 5.74) is 2.48. The minimum Gasteiger partial charge on any atom is -0.469 e. The van der Waals surface area contributed by atoms with Crippen molar-refractivity contribution in [3.8, 4) is 11.8 Å². The number of carbonyl (C=O) groups excluding carboxylic acids is 1. The van der Waals surface area contributed by atoms with Crippen molar-refractivity contribution in [3.63, 3.8) is 0 Å². The van der Waals surface area contributed by atoms with E-state index in [-0.39, 0.29) is 12.5 Å². The first-order chi connectivity index (χ1) is 10.2. The third kappa shape index (κ3) is 4.83. The first-order valence-electron chi connectivity index (χ1n) is 6.71. The van der Waals surface area contributed by atoms with Crippen LogP contribution in [0.1, 0.15) is 23.3 Å². The summed E-state index contributed by atoms with van der Waals surface area (Å²) in [5, 5.41) is 11.6. The van der Waals surface area contributed by atoms with Crippen LogP contribution in [0.15, 0.2) is 41.0 Å². The molecule has 0 aliphatic heterocycles. The van der Waals surface area contributed by atoms with Crippen LogP contribution in [-0.2, 0) is 11.2 Å². The molecule has 1 aromatic carbocycles. The lowest BCUT2D eigenvalue weighted by molar-refractivity contribution is -0.116. The number of furan rings is 1. The Bertz CT molecular complexity index is 663. The Hall–Kier alpha value is -2.51. The average Bonchev–Trinajstić information content (AvgIpc) is 2.95. The molecule has 1 heterocycles. The smallest absolute Gasteiger partial charge is 0.224 e. The highest BCUT2D eigenvalue weighted by Crippen LogP contribution is 2.14. The Kier molecular flexibility index (Phi) is 5.19. The number of aliphatic hydroxyl groups is 1. The fraction of sp³-hybridized carbons (Fsp3) is 0.235. The van der Waals surface area contributed by atoms with Gasteiger partial charge in [-0.1, -0.05) is 11.8 Å². The molecule has 21 heavy (non-hydrogen) atoms. The second kappa shape index (κ2) is 7.32. The molecule has 0 saturated carbocycles. The molecule has 4 heteroatoms. The molecular weight excluding hydrogens is 266 g/mol. The van der Waals surface area contributed by atoms with E-state index in [9.17, 15) is 4.79 Å². The number of hydrogen-bond donors (Lipinski definition) is 2. The van der Waals surface area contributed by atoms with Crippen LogP contribution < -0.4 is 5.32 Å². The maximum Gasteiger partial charge on any atom is 0.224 e. The Morgan fingerprint density at radius 1 is 1.38 bits per heavy atom. The van der Waals surface area contributed by atoms with Gasteiger partial charge >= 0.3 is 0 Å². The summed E-state index contributed by atoms with van der Waals surface area (Å²) in [7, 11) is 0. The minimum atomic E-state index is -0.182. The molecule has 0 atom stereocenters. The molecule has 2 aromatic rings. The van der Waals surface area contributed by atoms with E-state index in [1.54, 1.807) is 18.4 Å². The predicted octanol–water partition coefficient (Wildman–Crippen LogP) is 2.50. The average molecular weight is 283 g/mol. The van der Waals surface area contributed by atoms with E-state index in [0.717, 1.165) is 16.9 Å². The zero-order valence-corrected chi connectivity index (χ0v) is 11.8. The van der Waals surface area contributed by atoms with Crippen LogP contribution in [0.4, 0.5) is 5.69 Å². The second-order valence-electron chi connectivity index (χ2n) is 4.68. The van der Waals surface area contributed by atoms with Gasteiger partial charge in [-0.2, -0.15) is 0 Å². The van der Waals surface area contributed by atoms with Crippen LogP contribution in [0.5, 0.6) is 0 Å². The van der Waals surface area contributed by atoms with Crippen molar-refractivity contribution in [2.75, 3.05) is 11.9 Å². The van der Waals surface area contributed by atoms with Gasteiger partial charge in [-0.25, -0.2) is 0 Å². The van der Waals surface area contributed by atoms with Gasteiger partial charge in [0.15, 0.2) is 0 Å². The summed E-state index contributed by atoms with van der Waals surface area (Å²) < 4.78 is 5.19. The maximum atomic E-state index is 11.9. The van der Waals surface area contributed by atoms with E-state index in [2.05, 4.69) is 17.2 Å². The van der Waals surface area contributed by atoms with Crippen LogP contribution in [0.2, 0.25) is 0 Å². The molecule has 0 spiro atoms. The van der Waals surface area contributed by atoms with Crippen molar-refractivity contribution < 1.29 is 14.3 Å². The quantitative estimate of drug-likeness (QED) is 0.847. The van der Waals surface area contributed by atoms with Crippen LogP contribution in [0.25, 0.3) is 0 Å². The summed E-state index contributed by atoms with van der Waals surface area (Å²) in [5.74, 6) is 6.16. The molecule has 1 aromatic heterocycles. The summed E-state index contributed by atoms with van der Waals surface area (Å²) in [6, 6.07) is 9.24. The van der Waals surface area contributed by atoms with Crippen LogP contribution in [-0.4, -0.2) is 17.6 Å². The van der Waals surface area contributed by atoms with E-state index in [1.807, 2.05) is 25.1 Å². The lowest BCUT2D eigenvalue weighted by atomic mass is 10.1. The van der Waals surface area contributed by atoms with Gasteiger partial charge in [0.1, 0.15) is 12.4 Å². The van der Waals surface area contributed by atoms with E-state index < -0.39 is 0 Å². The molecule has 0 saturated heterocycles. The van der Waals surface area contributed by atoms with Gasteiger partial charge in [0.2, 0.25) is 5.91 Å². The zero-order chi connectivity index (χ0) is 15.1. The number of benzene rings is 1. The second-order valence-corrected chi connectivity index (χ2v) is 4.68. The molecule has 0 radical (unpaired) electrons. The van der Waals surface area contributed by atoms with Gasteiger partial charge < -0.3 is 14.8 Å². The molecule has 1 amide bonds. The number of anilines is 1. The summed E-state index contributed by atoms with van der Waals surface area (Å²) in [4.78, 5) is 11.9. The molecule has 0 fully saturated rings. The van der Waals surface area contributed by atoms with Crippen molar-refractivity contribution in [1.82, 2.24) is 0 Å². The molecule has 0 bridgehead atoms. The van der Waals surface area contributed by atoms with Gasteiger partial charge in [-0.15, -0.1) is 0 Å². The molecule has 2 rings (SSSR count). The van der Waals surface area contributed by atoms with Gasteiger partial charge in [0.05, 0.1) is 6.26 Å². The molecule has 4 nitrogen and oxygen atoms in total. The number of nitrogens with one attached hydrogen (secondary N) is 1. The predicted molar refractivity (Wildman–Crippen MR) is 80.8 cm³/mol. The topological polar surface area (TPSA) is 62.5 Å². The van der Waals surface area contributed by atoms with Gasteiger partial charge in [0.25, 0.3) is 0 Å². The van der Waals surface area contributed by atoms with E-state index in [4.69, 9.17) is 9.52 Å². The number of carbonyl (C=O) groups is 1. The van der Waals surface area contributed by atoms with E-state index >= 15 is 0 Å². The van der Waals surface area contributed by atoms with Gasteiger partial charge in [0, 0.05) is 24.1 Å². The van der Waals surface area contributed by atoms with Crippen LogP contribution in [0, 0.1) is 18.8 Å². The fourth-order valence-corrected chi connectivity index (χ4v) is 1.98. The number of rotatable bonds is 4. The summed E-state index contributed by atoms with van der Waals surface area (Å²) >= 11 is 0. The summed E-state index contributed by atoms with van der Waals surface area (Å²) in [6.45, 7) is 1.75. The third-order valence-electron chi connectivity index (χ3n) is 2.85. The minimum absolute atomic E-state index is 0.0712. The van der Waals surface area contributed by atoms with Crippen molar-refractivity contribution >= 4 is 11.6 Å². The lowest BCUT2D eigenvalue weighted by Gasteiger charge is -2.06. The Labute approximate surface area is 123 Å². The Morgan fingerprint density at radius 3 is 2.95 bits per heavy atom. The Balaban J connectivity index is 1.98. The fourth-order valence-electron chi connectivity index (χ4n) is 1.98. The monoisotopic (exact) mass is 283 g/mol. The molecular formula is C17H17NO3. The van der Waals surface area contributed by atoms with Crippen molar-refractivity contribution in [2.24, 2.45) is 0 Å². The van der Waals surface area contributed by atoms with Gasteiger partial charge in [-0.3, -0.25) is 4.79 Å². The molecule has 0 aliphatic rings. The highest BCUT2D eigenvalue weighted by Gasteiger charge is 2.05. The highest BCUT2D eigenvalue weighted by atomic mass is 16.3. The van der Waals surface area contributed by atoms with Crippen molar-refractivity contribution in [3.05, 3.63) is 53.5 Å². The molecule has 2 N–H and O–H groups in total. The highest BCUT2D eigenvalue weighted by molar-refractivity contribution is 5.91. The number of aryl methyl sites for hydroxylation is 2. The number of aliphatic hydroxyl groups excluding tert-OH is 1. The number of amides is 1. The SMILES string of the molecule is Cc1cc(C#CCO)cc(NC(=O)CCc2ccco2)c1. The van der Waals surface area contributed by atoms with Crippen molar-refractivity contribution in [1.29, 1.82) is 0 Å². The Morgan fingerprint density at radius 2 is 2.24 bits per heavy atom. The third-order valence-corrected chi connectivity index (χ3v) is 2.85. The van der Waals surface area contributed by atoms with E-state index in [0.29, 0.717) is 18.5 Å². The largest absolute Gasteiger partial charge is 0.469 e. The van der Waals surface area contributed by atoms with E-state index in [1.165, 1.54) is 0 Å². The number of hydrogen-bond acceptors (Lipinski definition) is 3. The first-order valence-corrected chi connectivity index (χ1v) is 6.71. The van der Waals surface area contributed by atoms with Crippen LogP contribution in [0.3, 0.4) is 0 Å². The van der Waals surface area contributed by atoms with Crippen molar-refractivity contribution in [2.45, 2.75) is 19.8 Å². The zero-order valence-electron chi connectivity index (χ0n) is 11.8. The molecule has 0 unspecified atom stereocenters.